The summed E-state index contributed by atoms with van der Waals surface area (Å²) in [6, 6.07) is 1.65. The van der Waals surface area contributed by atoms with E-state index in [1.807, 2.05) is 20.8 Å². The molecule has 3 heteroatoms. The molecule has 0 spiro atoms. The topological polar surface area (TPSA) is 40.5 Å². The van der Waals surface area contributed by atoms with Crippen molar-refractivity contribution in [3.8, 4) is 11.5 Å². The van der Waals surface area contributed by atoms with Gasteiger partial charge in [-0.3, -0.25) is 0 Å². The molecule has 0 aliphatic carbocycles. The van der Waals surface area contributed by atoms with Gasteiger partial charge in [-0.15, -0.1) is 18.3 Å². The van der Waals surface area contributed by atoms with E-state index in [2.05, 4.69) is 6.58 Å². The normalized spacial score (nSPS) is 10.8. The molecule has 2 nitrogen and oxygen atoms in total. The Bertz CT molecular complexity index is 397. The van der Waals surface area contributed by atoms with Crippen LogP contribution in [0, 0.1) is 6.92 Å². The quantitative estimate of drug-likeness (QED) is 0.476. The predicted octanol–water partition coefficient (Wildman–Crippen LogP) is 3.81. The Morgan fingerprint density at radius 2 is 2.06 bits per heavy atom. The Kier molecular flexibility index (Phi) is 4.30. The van der Waals surface area contributed by atoms with Crippen LogP contribution in [0.5, 0.6) is 11.5 Å². The van der Waals surface area contributed by atoms with E-state index in [1.54, 1.807) is 12.1 Å². The summed E-state index contributed by atoms with van der Waals surface area (Å²) in [7, 11) is 0. The second-order valence-corrected chi connectivity index (χ2v) is 5.07. The number of rotatable bonds is 4. The molecule has 2 N–H and O–H groups in total. The van der Waals surface area contributed by atoms with Gasteiger partial charge in [0.1, 0.15) is 11.5 Å². The van der Waals surface area contributed by atoms with Gasteiger partial charge >= 0.3 is 0 Å². The maximum Gasteiger partial charge on any atom is 0.133 e. The number of phenolic OH excluding ortho intramolecular Hbond substituents is 2. The van der Waals surface area contributed by atoms with Crippen molar-refractivity contribution in [1.82, 2.24) is 0 Å². The molecule has 0 aliphatic heterocycles. The lowest BCUT2D eigenvalue weighted by atomic mass is 10.00. The second kappa shape index (κ2) is 5.30. The molecule has 1 aromatic rings. The van der Waals surface area contributed by atoms with Crippen LogP contribution >= 0.6 is 11.8 Å². The monoisotopic (exact) mass is 238 g/mol. The molecule has 0 saturated heterocycles. The molecule has 1 rings (SSSR count). The summed E-state index contributed by atoms with van der Waals surface area (Å²) in [6.07, 6.45) is 1.78. The molecule has 0 aliphatic rings. The fraction of sp³-hybridized carbons (Fsp3) is 0.385. The van der Waals surface area contributed by atoms with Crippen molar-refractivity contribution in [2.45, 2.75) is 31.6 Å². The molecule has 0 amide bonds. The van der Waals surface area contributed by atoms with Gasteiger partial charge in [0.05, 0.1) is 4.90 Å². The molecule has 1 aromatic carbocycles. The van der Waals surface area contributed by atoms with Crippen molar-refractivity contribution >= 4 is 11.8 Å². The van der Waals surface area contributed by atoms with Gasteiger partial charge in [-0.1, -0.05) is 19.9 Å². The van der Waals surface area contributed by atoms with Crippen molar-refractivity contribution in [2.24, 2.45) is 0 Å². The maximum atomic E-state index is 10.1. The van der Waals surface area contributed by atoms with E-state index in [1.165, 1.54) is 11.8 Å². The highest BCUT2D eigenvalue weighted by Gasteiger charge is 2.16. The summed E-state index contributed by atoms with van der Waals surface area (Å²) in [5.74, 6) is 1.44. The first kappa shape index (κ1) is 13.0. The molecule has 0 heterocycles. The molecule has 0 bridgehead atoms. The van der Waals surface area contributed by atoms with Crippen LogP contribution in [-0.4, -0.2) is 16.0 Å². The minimum Gasteiger partial charge on any atom is -0.508 e. The van der Waals surface area contributed by atoms with Crippen molar-refractivity contribution in [2.75, 3.05) is 5.75 Å². The minimum atomic E-state index is 0.189. The van der Waals surface area contributed by atoms with Gasteiger partial charge in [-0.2, -0.15) is 0 Å². The molecule has 0 radical (unpaired) electrons. The summed E-state index contributed by atoms with van der Waals surface area (Å²) in [5.41, 5.74) is 1.52. The number of aromatic hydroxyl groups is 2. The Morgan fingerprint density at radius 3 is 2.56 bits per heavy atom. The summed E-state index contributed by atoms with van der Waals surface area (Å²) in [6.45, 7) is 9.44. The zero-order chi connectivity index (χ0) is 12.3. The summed E-state index contributed by atoms with van der Waals surface area (Å²) < 4.78 is 0. The first-order valence-corrected chi connectivity index (χ1v) is 6.26. The van der Waals surface area contributed by atoms with Crippen molar-refractivity contribution in [1.29, 1.82) is 0 Å². The summed E-state index contributed by atoms with van der Waals surface area (Å²) in [4.78, 5) is 0.753. The third-order valence-electron chi connectivity index (χ3n) is 2.47. The highest BCUT2D eigenvalue weighted by atomic mass is 32.2. The third kappa shape index (κ3) is 2.53. The van der Waals surface area contributed by atoms with Gasteiger partial charge in [-0.25, -0.2) is 0 Å². The Hall–Kier alpha value is -1.09. The maximum absolute atomic E-state index is 10.1. The lowest BCUT2D eigenvalue weighted by Crippen LogP contribution is -1.93. The van der Waals surface area contributed by atoms with Crippen LogP contribution < -0.4 is 0 Å². The number of hydrogen-bond donors (Lipinski definition) is 2. The van der Waals surface area contributed by atoms with Crippen LogP contribution in [0.1, 0.15) is 30.9 Å². The number of phenols is 2. The lowest BCUT2D eigenvalue weighted by Gasteiger charge is -2.15. The van der Waals surface area contributed by atoms with Gasteiger partial charge in [0.2, 0.25) is 0 Å². The minimum absolute atomic E-state index is 0.189. The van der Waals surface area contributed by atoms with Crippen LogP contribution in [-0.2, 0) is 0 Å². The molecular formula is C13H18O2S. The lowest BCUT2D eigenvalue weighted by molar-refractivity contribution is 0.435. The Morgan fingerprint density at radius 1 is 1.44 bits per heavy atom. The summed E-state index contributed by atoms with van der Waals surface area (Å²) in [5, 5.41) is 19.9. The van der Waals surface area contributed by atoms with Crippen LogP contribution in [0.15, 0.2) is 23.6 Å². The molecule has 0 fully saturated rings. The van der Waals surface area contributed by atoms with Crippen LogP contribution in [0.4, 0.5) is 0 Å². The molecule has 0 saturated carbocycles. The first-order chi connectivity index (χ1) is 7.49. The standard InChI is InChI=1S/C13H18O2S/c1-5-6-16-13-9(4)11(14)7-10(8(2)3)12(13)15/h5,7-8,14-15H,1,6H2,2-4H3. The fourth-order valence-electron chi connectivity index (χ4n) is 1.51. The fourth-order valence-corrected chi connectivity index (χ4v) is 2.37. The van der Waals surface area contributed by atoms with Crippen molar-refractivity contribution in [3.05, 3.63) is 29.8 Å². The Balaban J connectivity index is 3.27. The van der Waals surface area contributed by atoms with E-state index in [4.69, 9.17) is 0 Å². The smallest absolute Gasteiger partial charge is 0.133 e. The zero-order valence-corrected chi connectivity index (χ0v) is 10.8. The van der Waals surface area contributed by atoms with Crippen LogP contribution in [0.3, 0.4) is 0 Å². The SMILES string of the molecule is C=CCSc1c(C)c(O)cc(C(C)C)c1O. The van der Waals surface area contributed by atoms with Gasteiger partial charge < -0.3 is 10.2 Å². The van der Waals surface area contributed by atoms with Crippen LogP contribution in [0.2, 0.25) is 0 Å². The molecule has 88 valence electrons. The van der Waals surface area contributed by atoms with Gasteiger partial charge in [-0.05, 0) is 18.9 Å². The number of hydrogen-bond acceptors (Lipinski definition) is 3. The third-order valence-corrected chi connectivity index (χ3v) is 3.66. The van der Waals surface area contributed by atoms with E-state index in [9.17, 15) is 10.2 Å². The first-order valence-electron chi connectivity index (χ1n) is 5.28. The highest BCUT2D eigenvalue weighted by molar-refractivity contribution is 7.99. The molecule has 0 unspecified atom stereocenters. The van der Waals surface area contributed by atoms with Crippen molar-refractivity contribution < 1.29 is 10.2 Å². The van der Waals surface area contributed by atoms with Gasteiger partial charge in [0.15, 0.2) is 0 Å². The van der Waals surface area contributed by atoms with Gasteiger partial charge in [0.25, 0.3) is 0 Å². The van der Waals surface area contributed by atoms with E-state index in [0.29, 0.717) is 0 Å². The largest absolute Gasteiger partial charge is 0.508 e. The molecule has 0 aromatic heterocycles. The average Bonchev–Trinajstić information content (AvgIpc) is 2.23. The number of thioether (sulfide) groups is 1. The molecule has 0 atom stereocenters. The molecule has 16 heavy (non-hydrogen) atoms. The summed E-state index contributed by atoms with van der Waals surface area (Å²) >= 11 is 1.49. The van der Waals surface area contributed by atoms with E-state index in [0.717, 1.165) is 21.8 Å². The zero-order valence-electron chi connectivity index (χ0n) is 9.95. The predicted molar refractivity (Wildman–Crippen MR) is 69.5 cm³/mol. The number of benzene rings is 1. The average molecular weight is 238 g/mol. The molecular weight excluding hydrogens is 220 g/mol. The van der Waals surface area contributed by atoms with E-state index >= 15 is 0 Å². The van der Waals surface area contributed by atoms with E-state index < -0.39 is 0 Å². The highest BCUT2D eigenvalue weighted by Crippen LogP contribution is 2.41. The second-order valence-electron chi connectivity index (χ2n) is 4.04. The van der Waals surface area contributed by atoms with Gasteiger partial charge in [0, 0.05) is 16.9 Å². The van der Waals surface area contributed by atoms with E-state index in [-0.39, 0.29) is 17.4 Å². The Labute approximate surface area is 101 Å². The van der Waals surface area contributed by atoms with Crippen molar-refractivity contribution in [3.63, 3.8) is 0 Å². The van der Waals surface area contributed by atoms with Crippen LogP contribution in [0.25, 0.3) is 0 Å².